The van der Waals surface area contributed by atoms with E-state index in [1.165, 1.54) is 12.1 Å². The predicted molar refractivity (Wildman–Crippen MR) is 87.5 cm³/mol. The Kier molecular flexibility index (Phi) is 4.83. The molecule has 0 atom stereocenters. The van der Waals surface area contributed by atoms with Crippen molar-refractivity contribution < 1.29 is 9.18 Å². The molecule has 5 nitrogen and oxygen atoms in total. The van der Waals surface area contributed by atoms with E-state index in [9.17, 15) is 9.18 Å². The van der Waals surface area contributed by atoms with Gasteiger partial charge in [-0.25, -0.2) is 4.39 Å². The summed E-state index contributed by atoms with van der Waals surface area (Å²) in [4.78, 5) is 20.4. The summed E-state index contributed by atoms with van der Waals surface area (Å²) in [6.07, 6.45) is 1.70. The van der Waals surface area contributed by atoms with Crippen LogP contribution < -0.4 is 5.32 Å². The quantitative estimate of drug-likeness (QED) is 0.922. The standard InChI is InChI=1S/C17H21FN4O/c1-21(12-16(23)22-7-5-19-6-8-22)11-14-10-15(18)9-13-3-2-4-20-17(13)14/h2-4,9-10,19H,5-8,11-12H2,1H3. The monoisotopic (exact) mass is 316 g/mol. The van der Waals surface area contributed by atoms with Gasteiger partial charge in [0.05, 0.1) is 12.1 Å². The van der Waals surface area contributed by atoms with Gasteiger partial charge in [0.1, 0.15) is 5.82 Å². The van der Waals surface area contributed by atoms with Crippen molar-refractivity contribution in [1.82, 2.24) is 20.1 Å². The van der Waals surface area contributed by atoms with Gasteiger partial charge < -0.3 is 10.2 Å². The lowest BCUT2D eigenvalue weighted by atomic mass is 10.1. The van der Waals surface area contributed by atoms with E-state index in [0.29, 0.717) is 13.1 Å². The second kappa shape index (κ2) is 7.02. The van der Waals surface area contributed by atoms with Crippen LogP contribution >= 0.6 is 0 Å². The highest BCUT2D eigenvalue weighted by Crippen LogP contribution is 2.19. The van der Waals surface area contributed by atoms with Gasteiger partial charge in [0.25, 0.3) is 0 Å². The predicted octanol–water partition coefficient (Wildman–Crippen LogP) is 1.24. The Morgan fingerprint density at radius 1 is 1.39 bits per heavy atom. The van der Waals surface area contributed by atoms with Gasteiger partial charge in [0.15, 0.2) is 0 Å². The summed E-state index contributed by atoms with van der Waals surface area (Å²) in [5.41, 5.74) is 1.59. The number of nitrogens with one attached hydrogen (secondary N) is 1. The lowest BCUT2D eigenvalue weighted by Gasteiger charge is -2.29. The average Bonchev–Trinajstić information content (AvgIpc) is 2.55. The summed E-state index contributed by atoms with van der Waals surface area (Å²) in [5.74, 6) is -0.162. The topological polar surface area (TPSA) is 48.5 Å². The lowest BCUT2D eigenvalue weighted by molar-refractivity contribution is -0.132. The fourth-order valence-corrected chi connectivity index (χ4v) is 2.94. The molecule has 3 rings (SSSR count). The van der Waals surface area contributed by atoms with E-state index in [1.54, 1.807) is 12.3 Å². The zero-order valence-corrected chi connectivity index (χ0v) is 13.3. The number of hydrogen-bond acceptors (Lipinski definition) is 4. The fourth-order valence-electron chi connectivity index (χ4n) is 2.94. The van der Waals surface area contributed by atoms with Gasteiger partial charge in [-0.3, -0.25) is 14.7 Å². The van der Waals surface area contributed by atoms with Gasteiger partial charge in [-0.1, -0.05) is 6.07 Å². The van der Waals surface area contributed by atoms with Gasteiger partial charge >= 0.3 is 0 Å². The van der Waals surface area contributed by atoms with Crippen molar-refractivity contribution in [3.05, 3.63) is 41.8 Å². The van der Waals surface area contributed by atoms with Crippen molar-refractivity contribution in [1.29, 1.82) is 0 Å². The van der Waals surface area contributed by atoms with E-state index >= 15 is 0 Å². The molecule has 2 aromatic rings. The molecule has 0 spiro atoms. The number of aromatic nitrogens is 1. The van der Waals surface area contributed by atoms with E-state index in [4.69, 9.17) is 0 Å². The van der Waals surface area contributed by atoms with Crippen molar-refractivity contribution in [2.24, 2.45) is 0 Å². The zero-order chi connectivity index (χ0) is 16.2. The fraction of sp³-hybridized carbons (Fsp3) is 0.412. The molecule has 0 unspecified atom stereocenters. The van der Waals surface area contributed by atoms with Gasteiger partial charge in [0, 0.05) is 44.3 Å². The molecule has 1 aliphatic rings. The number of halogens is 1. The largest absolute Gasteiger partial charge is 0.339 e. The third-order valence-electron chi connectivity index (χ3n) is 4.06. The summed E-state index contributed by atoms with van der Waals surface area (Å²) < 4.78 is 13.8. The van der Waals surface area contributed by atoms with E-state index in [0.717, 1.165) is 42.6 Å². The highest BCUT2D eigenvalue weighted by atomic mass is 19.1. The number of hydrogen-bond donors (Lipinski definition) is 1. The molecule has 1 saturated heterocycles. The van der Waals surface area contributed by atoms with Crippen LogP contribution in [-0.2, 0) is 11.3 Å². The number of pyridine rings is 1. The number of likely N-dealkylation sites (N-methyl/N-ethyl adjacent to an activating group) is 1. The maximum Gasteiger partial charge on any atom is 0.236 e. The number of carbonyl (C=O) groups excluding carboxylic acids is 1. The molecule has 0 radical (unpaired) electrons. The van der Waals surface area contributed by atoms with Crippen LogP contribution in [-0.4, -0.2) is 60.5 Å². The number of piperazine rings is 1. The van der Waals surface area contributed by atoms with Gasteiger partial charge in [-0.15, -0.1) is 0 Å². The summed E-state index contributed by atoms with van der Waals surface area (Å²) >= 11 is 0. The minimum Gasteiger partial charge on any atom is -0.339 e. The first-order valence-corrected chi connectivity index (χ1v) is 7.83. The molecule has 1 amide bonds. The third kappa shape index (κ3) is 3.83. The van der Waals surface area contributed by atoms with Crippen LogP contribution in [0.2, 0.25) is 0 Å². The van der Waals surface area contributed by atoms with Crippen LogP contribution in [0.5, 0.6) is 0 Å². The van der Waals surface area contributed by atoms with Crippen molar-refractivity contribution in [2.75, 3.05) is 39.8 Å². The van der Waals surface area contributed by atoms with Crippen LogP contribution in [0.4, 0.5) is 4.39 Å². The van der Waals surface area contributed by atoms with E-state index in [-0.39, 0.29) is 11.7 Å². The molecule has 1 aromatic carbocycles. The first-order chi connectivity index (χ1) is 11.1. The Morgan fingerprint density at radius 2 is 2.17 bits per heavy atom. The number of benzene rings is 1. The van der Waals surface area contributed by atoms with Crippen LogP contribution in [0, 0.1) is 5.82 Å². The molecule has 1 fully saturated rings. The van der Waals surface area contributed by atoms with Crippen LogP contribution in [0.15, 0.2) is 30.5 Å². The molecule has 0 saturated carbocycles. The minimum absolute atomic E-state index is 0.114. The van der Waals surface area contributed by atoms with Gasteiger partial charge in [-0.05, 0) is 30.8 Å². The SMILES string of the molecule is CN(CC(=O)N1CCNCC1)Cc1cc(F)cc2cccnc12. The maximum absolute atomic E-state index is 13.8. The number of amides is 1. The Hall–Kier alpha value is -2.05. The molecule has 1 aliphatic heterocycles. The molecule has 6 heteroatoms. The third-order valence-corrected chi connectivity index (χ3v) is 4.06. The number of carbonyl (C=O) groups is 1. The van der Waals surface area contributed by atoms with Crippen molar-refractivity contribution in [3.8, 4) is 0 Å². The first kappa shape index (κ1) is 15.8. The Labute approximate surface area is 135 Å². The highest BCUT2D eigenvalue weighted by Gasteiger charge is 2.18. The summed E-state index contributed by atoms with van der Waals surface area (Å²) in [5, 5.41) is 4.01. The Balaban J connectivity index is 1.70. The van der Waals surface area contributed by atoms with Crippen LogP contribution in [0.1, 0.15) is 5.56 Å². The number of rotatable bonds is 4. The number of fused-ring (bicyclic) bond motifs is 1. The molecule has 0 bridgehead atoms. The van der Waals surface area contributed by atoms with Gasteiger partial charge in [0.2, 0.25) is 5.91 Å². The highest BCUT2D eigenvalue weighted by molar-refractivity contribution is 5.82. The molecule has 23 heavy (non-hydrogen) atoms. The van der Waals surface area contributed by atoms with E-state index in [2.05, 4.69) is 10.3 Å². The molecule has 1 N–H and O–H groups in total. The summed E-state index contributed by atoms with van der Waals surface area (Å²) in [6.45, 7) is 3.99. The second-order valence-electron chi connectivity index (χ2n) is 5.94. The van der Waals surface area contributed by atoms with Crippen LogP contribution in [0.3, 0.4) is 0 Å². The minimum atomic E-state index is -0.276. The molecule has 2 heterocycles. The molecule has 0 aliphatic carbocycles. The van der Waals surface area contributed by atoms with Gasteiger partial charge in [-0.2, -0.15) is 0 Å². The van der Waals surface area contributed by atoms with E-state index in [1.807, 2.05) is 22.9 Å². The van der Waals surface area contributed by atoms with E-state index < -0.39 is 0 Å². The smallest absolute Gasteiger partial charge is 0.236 e. The van der Waals surface area contributed by atoms with Crippen molar-refractivity contribution in [2.45, 2.75) is 6.54 Å². The van der Waals surface area contributed by atoms with Crippen molar-refractivity contribution >= 4 is 16.8 Å². The van der Waals surface area contributed by atoms with Crippen LogP contribution in [0.25, 0.3) is 10.9 Å². The van der Waals surface area contributed by atoms with Crippen molar-refractivity contribution in [3.63, 3.8) is 0 Å². The zero-order valence-electron chi connectivity index (χ0n) is 13.3. The first-order valence-electron chi connectivity index (χ1n) is 7.83. The Morgan fingerprint density at radius 3 is 2.96 bits per heavy atom. The summed E-state index contributed by atoms with van der Waals surface area (Å²) in [7, 11) is 1.87. The summed E-state index contributed by atoms with van der Waals surface area (Å²) in [6, 6.07) is 6.63. The molecular formula is C17H21FN4O. The molecule has 122 valence electrons. The molecular weight excluding hydrogens is 295 g/mol. The lowest BCUT2D eigenvalue weighted by Crippen LogP contribution is -2.49. The maximum atomic E-state index is 13.8. The second-order valence-corrected chi connectivity index (χ2v) is 5.94. The number of nitrogens with zero attached hydrogens (tertiary/aromatic N) is 3. The molecule has 1 aromatic heterocycles. The normalized spacial score (nSPS) is 15.3. The Bertz CT molecular complexity index is 700. The average molecular weight is 316 g/mol.